The molecule has 0 N–H and O–H groups in total. The average Bonchev–Trinajstić information content (AvgIpc) is 3.02. The summed E-state index contributed by atoms with van der Waals surface area (Å²) in [5, 5.41) is 0.699. The first kappa shape index (κ1) is 18.5. The molecule has 0 saturated carbocycles. The number of hydrogen-bond acceptors (Lipinski definition) is 4. The van der Waals surface area contributed by atoms with Gasteiger partial charge in [-0.3, -0.25) is 4.90 Å². The van der Waals surface area contributed by atoms with E-state index in [1.165, 1.54) is 5.56 Å². The fraction of sp³-hybridized carbons (Fsp3) is 0.286. The lowest BCUT2D eigenvalue weighted by molar-refractivity contribution is 0.249. The van der Waals surface area contributed by atoms with Gasteiger partial charge < -0.3 is 9.15 Å². The molecule has 136 valence electrons. The van der Waals surface area contributed by atoms with Crippen molar-refractivity contribution in [2.24, 2.45) is 0 Å². The van der Waals surface area contributed by atoms with Gasteiger partial charge in [0.15, 0.2) is 0 Å². The average molecular weight is 371 g/mol. The van der Waals surface area contributed by atoms with Crippen LogP contribution in [-0.2, 0) is 6.54 Å². The summed E-state index contributed by atoms with van der Waals surface area (Å²) in [4.78, 5) is 6.93. The molecule has 0 aliphatic carbocycles. The summed E-state index contributed by atoms with van der Waals surface area (Å²) in [6, 6.07) is 15.9. The fourth-order valence-electron chi connectivity index (χ4n) is 2.80. The Morgan fingerprint density at radius 2 is 1.77 bits per heavy atom. The molecule has 0 radical (unpaired) electrons. The van der Waals surface area contributed by atoms with Crippen LogP contribution in [0.25, 0.3) is 11.5 Å². The molecule has 1 atom stereocenters. The summed E-state index contributed by atoms with van der Waals surface area (Å²) in [6.45, 7) is 4.83. The highest BCUT2D eigenvalue weighted by atomic mass is 35.5. The molecule has 3 rings (SSSR count). The third-order valence-corrected chi connectivity index (χ3v) is 4.89. The lowest BCUT2D eigenvalue weighted by atomic mass is 10.1. The highest BCUT2D eigenvalue weighted by Gasteiger charge is 2.17. The monoisotopic (exact) mass is 370 g/mol. The van der Waals surface area contributed by atoms with Crippen molar-refractivity contribution < 1.29 is 9.15 Å². The number of benzene rings is 2. The Morgan fingerprint density at radius 3 is 2.38 bits per heavy atom. The predicted molar refractivity (Wildman–Crippen MR) is 105 cm³/mol. The van der Waals surface area contributed by atoms with Crippen molar-refractivity contribution in [1.82, 2.24) is 9.88 Å². The molecular weight excluding hydrogens is 348 g/mol. The van der Waals surface area contributed by atoms with E-state index < -0.39 is 0 Å². The molecule has 0 saturated heterocycles. The zero-order chi connectivity index (χ0) is 18.7. The van der Waals surface area contributed by atoms with Gasteiger partial charge in [0.1, 0.15) is 11.5 Å². The summed E-state index contributed by atoms with van der Waals surface area (Å²) in [7, 11) is 3.77. The molecular formula is C21H23ClN2O2. The quantitative estimate of drug-likeness (QED) is 0.573. The van der Waals surface area contributed by atoms with Crippen LogP contribution in [0.2, 0.25) is 5.02 Å². The van der Waals surface area contributed by atoms with Crippen molar-refractivity contribution in [3.63, 3.8) is 0 Å². The molecule has 2 aromatic carbocycles. The molecule has 3 aromatic rings. The van der Waals surface area contributed by atoms with Crippen LogP contribution in [0.15, 0.2) is 52.9 Å². The Bertz CT molecular complexity index is 857. The van der Waals surface area contributed by atoms with Gasteiger partial charge in [0.25, 0.3) is 0 Å². The Kier molecular flexibility index (Phi) is 5.64. The minimum absolute atomic E-state index is 0.246. The summed E-state index contributed by atoms with van der Waals surface area (Å²) >= 11 is 5.95. The third-order valence-electron chi connectivity index (χ3n) is 4.64. The van der Waals surface area contributed by atoms with Crippen molar-refractivity contribution in [2.45, 2.75) is 26.4 Å². The molecule has 0 amide bonds. The van der Waals surface area contributed by atoms with Gasteiger partial charge in [-0.05, 0) is 62.9 Å². The Labute approximate surface area is 159 Å². The van der Waals surface area contributed by atoms with Crippen molar-refractivity contribution in [2.75, 3.05) is 14.2 Å². The topological polar surface area (TPSA) is 38.5 Å². The molecule has 0 bridgehead atoms. The molecule has 0 fully saturated rings. The molecule has 0 spiro atoms. The zero-order valence-electron chi connectivity index (χ0n) is 15.5. The molecule has 1 aromatic heterocycles. The van der Waals surface area contributed by atoms with Crippen LogP contribution in [0.5, 0.6) is 5.75 Å². The molecule has 1 heterocycles. The Hall–Kier alpha value is -2.30. The first-order chi connectivity index (χ1) is 12.5. The first-order valence-corrected chi connectivity index (χ1v) is 8.92. The second-order valence-corrected chi connectivity index (χ2v) is 6.83. The SMILES string of the molecule is COc1ccc([C@H](C)N(C)Cc2nc(-c3ccc(Cl)cc3)oc2C)cc1. The van der Waals surface area contributed by atoms with Gasteiger partial charge in [0.2, 0.25) is 5.89 Å². The molecule has 0 unspecified atom stereocenters. The van der Waals surface area contributed by atoms with E-state index in [4.69, 9.17) is 20.8 Å². The summed E-state index contributed by atoms with van der Waals surface area (Å²) in [5.74, 6) is 2.33. The van der Waals surface area contributed by atoms with Crippen LogP contribution in [0.3, 0.4) is 0 Å². The number of oxazole rings is 1. The second kappa shape index (κ2) is 7.94. The van der Waals surface area contributed by atoms with E-state index in [0.717, 1.165) is 22.8 Å². The lowest BCUT2D eigenvalue weighted by Gasteiger charge is -2.24. The van der Waals surface area contributed by atoms with Gasteiger partial charge in [-0.15, -0.1) is 0 Å². The van der Waals surface area contributed by atoms with E-state index in [1.807, 2.05) is 43.3 Å². The van der Waals surface area contributed by atoms with E-state index in [-0.39, 0.29) is 6.04 Å². The third kappa shape index (κ3) is 4.09. The van der Waals surface area contributed by atoms with E-state index in [1.54, 1.807) is 7.11 Å². The van der Waals surface area contributed by atoms with E-state index in [2.05, 4.69) is 36.0 Å². The van der Waals surface area contributed by atoms with Crippen molar-refractivity contribution in [1.29, 1.82) is 0 Å². The largest absolute Gasteiger partial charge is 0.497 e. The minimum atomic E-state index is 0.246. The Morgan fingerprint density at radius 1 is 1.12 bits per heavy atom. The molecule has 0 aliphatic heterocycles. The van der Waals surface area contributed by atoms with Crippen LogP contribution in [0.1, 0.15) is 30.0 Å². The van der Waals surface area contributed by atoms with E-state index >= 15 is 0 Å². The number of rotatable bonds is 6. The lowest BCUT2D eigenvalue weighted by Crippen LogP contribution is -2.22. The number of methoxy groups -OCH3 is 1. The van der Waals surface area contributed by atoms with E-state index in [0.29, 0.717) is 17.5 Å². The van der Waals surface area contributed by atoms with Gasteiger partial charge in [-0.1, -0.05) is 23.7 Å². The van der Waals surface area contributed by atoms with Crippen molar-refractivity contribution >= 4 is 11.6 Å². The van der Waals surface area contributed by atoms with Gasteiger partial charge >= 0.3 is 0 Å². The summed E-state index contributed by atoms with van der Waals surface area (Å²) in [6.07, 6.45) is 0. The molecule has 0 aliphatic rings. The number of halogens is 1. The van der Waals surface area contributed by atoms with Crippen LogP contribution < -0.4 is 4.74 Å². The number of aryl methyl sites for hydroxylation is 1. The smallest absolute Gasteiger partial charge is 0.226 e. The number of hydrogen-bond donors (Lipinski definition) is 0. The highest BCUT2D eigenvalue weighted by molar-refractivity contribution is 6.30. The Balaban J connectivity index is 1.74. The van der Waals surface area contributed by atoms with E-state index in [9.17, 15) is 0 Å². The number of aromatic nitrogens is 1. The summed E-state index contributed by atoms with van der Waals surface area (Å²) in [5.41, 5.74) is 3.10. The first-order valence-electron chi connectivity index (χ1n) is 8.54. The summed E-state index contributed by atoms with van der Waals surface area (Å²) < 4.78 is 11.1. The molecule has 5 heteroatoms. The van der Waals surface area contributed by atoms with Crippen molar-refractivity contribution in [3.05, 3.63) is 70.6 Å². The van der Waals surface area contributed by atoms with Crippen LogP contribution >= 0.6 is 11.6 Å². The van der Waals surface area contributed by atoms with Crippen LogP contribution in [0.4, 0.5) is 0 Å². The van der Waals surface area contributed by atoms with Crippen LogP contribution in [-0.4, -0.2) is 24.0 Å². The second-order valence-electron chi connectivity index (χ2n) is 6.39. The molecule has 4 nitrogen and oxygen atoms in total. The predicted octanol–water partition coefficient (Wildman–Crippen LogP) is 5.51. The maximum absolute atomic E-state index is 5.95. The molecule has 26 heavy (non-hydrogen) atoms. The van der Waals surface area contributed by atoms with Gasteiger partial charge in [-0.25, -0.2) is 4.98 Å². The normalized spacial score (nSPS) is 12.4. The maximum Gasteiger partial charge on any atom is 0.226 e. The van der Waals surface area contributed by atoms with Crippen LogP contribution in [0, 0.1) is 6.92 Å². The minimum Gasteiger partial charge on any atom is -0.497 e. The highest BCUT2D eigenvalue weighted by Crippen LogP contribution is 2.27. The number of ether oxygens (including phenoxy) is 1. The number of nitrogens with zero attached hydrogens (tertiary/aromatic N) is 2. The van der Waals surface area contributed by atoms with Gasteiger partial charge in [-0.2, -0.15) is 0 Å². The fourth-order valence-corrected chi connectivity index (χ4v) is 2.93. The zero-order valence-corrected chi connectivity index (χ0v) is 16.2. The van der Waals surface area contributed by atoms with Gasteiger partial charge in [0.05, 0.1) is 12.8 Å². The standard InChI is InChI=1S/C21H23ClN2O2/c1-14(16-7-11-19(25-4)12-8-16)24(3)13-20-15(2)26-21(23-20)17-5-9-18(22)10-6-17/h5-12,14H,13H2,1-4H3/t14-/m0/s1. The maximum atomic E-state index is 5.95. The van der Waals surface area contributed by atoms with Gasteiger partial charge in [0, 0.05) is 23.2 Å². The van der Waals surface area contributed by atoms with Crippen molar-refractivity contribution in [3.8, 4) is 17.2 Å².